The number of nitro benzene ring substituents is 1. The van der Waals surface area contributed by atoms with Crippen molar-refractivity contribution in [1.29, 1.82) is 0 Å². The number of nitrogen functional groups attached to an aromatic ring is 1. The molecule has 20 heavy (non-hydrogen) atoms. The smallest absolute Gasteiger partial charge is 0.342 e. The zero-order chi connectivity index (χ0) is 15.1. The number of unbranched alkanes of at least 4 members (excludes halogenated alkanes) is 1. The minimum Gasteiger partial charge on any atom is -0.493 e. The van der Waals surface area contributed by atoms with Gasteiger partial charge in [0, 0.05) is 0 Å². The molecule has 0 atom stereocenters. The van der Waals surface area contributed by atoms with Crippen LogP contribution in [-0.2, 0) is 4.74 Å². The van der Waals surface area contributed by atoms with Crippen molar-refractivity contribution in [3.8, 4) is 5.75 Å². The molecular weight excluding hydrogens is 264 g/mol. The third-order valence-electron chi connectivity index (χ3n) is 2.58. The van der Waals surface area contributed by atoms with Crippen molar-refractivity contribution in [1.82, 2.24) is 0 Å². The monoisotopic (exact) mass is 282 g/mol. The number of hydrogen-bond donors (Lipinski definition) is 1. The van der Waals surface area contributed by atoms with Crippen molar-refractivity contribution in [2.24, 2.45) is 0 Å². The predicted molar refractivity (Wildman–Crippen MR) is 73.9 cm³/mol. The van der Waals surface area contributed by atoms with E-state index in [9.17, 15) is 14.9 Å². The van der Waals surface area contributed by atoms with Crippen LogP contribution in [0.5, 0.6) is 5.75 Å². The molecule has 0 amide bonds. The van der Waals surface area contributed by atoms with Crippen LogP contribution in [0.4, 0.5) is 11.4 Å². The molecule has 0 fully saturated rings. The van der Waals surface area contributed by atoms with Crippen LogP contribution in [0.1, 0.15) is 37.0 Å². The summed E-state index contributed by atoms with van der Waals surface area (Å²) in [5.41, 5.74) is 5.29. The molecule has 0 aliphatic carbocycles. The highest BCUT2D eigenvalue weighted by Gasteiger charge is 2.22. The zero-order valence-electron chi connectivity index (χ0n) is 11.5. The second kappa shape index (κ2) is 7.32. The van der Waals surface area contributed by atoms with Crippen molar-refractivity contribution < 1.29 is 19.2 Å². The van der Waals surface area contributed by atoms with Crippen molar-refractivity contribution in [3.63, 3.8) is 0 Å². The minimum absolute atomic E-state index is 0.0964. The van der Waals surface area contributed by atoms with E-state index < -0.39 is 10.9 Å². The first-order valence-corrected chi connectivity index (χ1v) is 6.39. The second-order valence-electron chi connectivity index (χ2n) is 4.09. The summed E-state index contributed by atoms with van der Waals surface area (Å²) in [7, 11) is 0. The van der Waals surface area contributed by atoms with Crippen molar-refractivity contribution in [2.45, 2.75) is 26.7 Å². The summed E-state index contributed by atoms with van der Waals surface area (Å²) < 4.78 is 10.3. The summed E-state index contributed by atoms with van der Waals surface area (Å²) in [6.07, 6.45) is 1.65. The Labute approximate surface area is 116 Å². The Bertz CT molecular complexity index is 502. The first-order chi connectivity index (χ1) is 9.51. The van der Waals surface area contributed by atoms with E-state index in [0.29, 0.717) is 0 Å². The van der Waals surface area contributed by atoms with Gasteiger partial charge in [-0.05, 0) is 19.4 Å². The number of carbonyl (C=O) groups excluding carboxylic acids is 1. The van der Waals surface area contributed by atoms with Gasteiger partial charge in [-0.3, -0.25) is 10.1 Å². The molecule has 7 heteroatoms. The van der Waals surface area contributed by atoms with Crippen LogP contribution in [0.15, 0.2) is 12.1 Å². The van der Waals surface area contributed by atoms with Crippen LogP contribution in [0, 0.1) is 10.1 Å². The lowest BCUT2D eigenvalue weighted by Crippen LogP contribution is -2.10. The summed E-state index contributed by atoms with van der Waals surface area (Å²) in [6.45, 7) is 4.26. The first kappa shape index (κ1) is 15.7. The van der Waals surface area contributed by atoms with E-state index in [1.807, 2.05) is 6.92 Å². The number of carbonyl (C=O) groups is 1. The molecule has 1 aromatic carbocycles. The van der Waals surface area contributed by atoms with E-state index in [-0.39, 0.29) is 35.9 Å². The van der Waals surface area contributed by atoms with Gasteiger partial charge in [0.1, 0.15) is 17.0 Å². The number of nitrogens with two attached hydrogens (primary N) is 1. The number of rotatable bonds is 7. The molecule has 0 aromatic heterocycles. The number of hydrogen-bond acceptors (Lipinski definition) is 6. The number of anilines is 1. The standard InChI is InChI=1S/C13H18N2O5/c1-3-5-6-20-13(16)9-7-10(14)11(15(17)18)8-12(9)19-4-2/h7-8H,3-6,14H2,1-2H3. The largest absolute Gasteiger partial charge is 0.493 e. The fraction of sp³-hybridized carbons (Fsp3) is 0.462. The van der Waals surface area contributed by atoms with Crippen molar-refractivity contribution in [3.05, 3.63) is 27.8 Å². The van der Waals surface area contributed by atoms with Gasteiger partial charge >= 0.3 is 5.97 Å². The molecule has 1 rings (SSSR count). The predicted octanol–water partition coefficient (Wildman–Crippen LogP) is 2.53. The van der Waals surface area contributed by atoms with Crippen LogP contribution in [0.3, 0.4) is 0 Å². The minimum atomic E-state index is -0.621. The van der Waals surface area contributed by atoms with Gasteiger partial charge in [-0.15, -0.1) is 0 Å². The zero-order valence-corrected chi connectivity index (χ0v) is 11.5. The second-order valence-corrected chi connectivity index (χ2v) is 4.09. The van der Waals surface area contributed by atoms with Crippen LogP contribution in [0.2, 0.25) is 0 Å². The lowest BCUT2D eigenvalue weighted by atomic mass is 10.1. The highest BCUT2D eigenvalue weighted by Crippen LogP contribution is 2.31. The average molecular weight is 282 g/mol. The molecule has 0 aliphatic heterocycles. The first-order valence-electron chi connectivity index (χ1n) is 6.39. The van der Waals surface area contributed by atoms with Crippen LogP contribution in [-0.4, -0.2) is 24.1 Å². The SMILES string of the molecule is CCCCOC(=O)c1cc(N)c([N+](=O)[O-])cc1OCC. The molecule has 0 radical (unpaired) electrons. The van der Waals surface area contributed by atoms with Crippen LogP contribution >= 0.6 is 0 Å². The topological polar surface area (TPSA) is 105 Å². The summed E-state index contributed by atoms with van der Waals surface area (Å²) in [6, 6.07) is 2.37. The molecule has 0 aliphatic rings. The van der Waals surface area contributed by atoms with E-state index in [2.05, 4.69) is 0 Å². The third kappa shape index (κ3) is 3.84. The molecule has 0 spiro atoms. The highest BCUT2D eigenvalue weighted by atomic mass is 16.6. The van der Waals surface area contributed by atoms with Crippen molar-refractivity contribution in [2.75, 3.05) is 18.9 Å². The van der Waals surface area contributed by atoms with Gasteiger partial charge in [0.05, 0.1) is 24.2 Å². The molecule has 0 heterocycles. The highest BCUT2D eigenvalue weighted by molar-refractivity contribution is 5.94. The number of nitro groups is 1. The molecule has 0 saturated heterocycles. The van der Waals surface area contributed by atoms with Gasteiger partial charge in [-0.2, -0.15) is 0 Å². The Morgan fingerprint density at radius 3 is 2.65 bits per heavy atom. The molecule has 0 unspecified atom stereocenters. The normalized spacial score (nSPS) is 10.1. The van der Waals surface area contributed by atoms with Crippen molar-refractivity contribution >= 4 is 17.3 Å². The molecule has 110 valence electrons. The Balaban J connectivity index is 3.07. The van der Waals surface area contributed by atoms with Crippen LogP contribution in [0.25, 0.3) is 0 Å². The van der Waals surface area contributed by atoms with Gasteiger partial charge in [-0.25, -0.2) is 4.79 Å². The van der Waals surface area contributed by atoms with E-state index in [1.165, 1.54) is 6.07 Å². The van der Waals surface area contributed by atoms with Gasteiger partial charge in [0.2, 0.25) is 0 Å². The average Bonchev–Trinajstić information content (AvgIpc) is 2.40. The lowest BCUT2D eigenvalue weighted by Gasteiger charge is -2.11. The van der Waals surface area contributed by atoms with Gasteiger partial charge in [-0.1, -0.05) is 13.3 Å². The van der Waals surface area contributed by atoms with Gasteiger partial charge in [0.15, 0.2) is 0 Å². The molecule has 2 N–H and O–H groups in total. The summed E-state index contributed by atoms with van der Waals surface area (Å²) >= 11 is 0. The maximum absolute atomic E-state index is 11.9. The van der Waals surface area contributed by atoms with Gasteiger partial charge in [0.25, 0.3) is 5.69 Å². The summed E-state index contributed by atoms with van der Waals surface area (Å²) in [5.74, 6) is -0.488. The van der Waals surface area contributed by atoms with E-state index in [4.69, 9.17) is 15.2 Å². The molecule has 1 aromatic rings. The van der Waals surface area contributed by atoms with Gasteiger partial charge < -0.3 is 15.2 Å². The quantitative estimate of drug-likeness (QED) is 0.271. The lowest BCUT2D eigenvalue weighted by molar-refractivity contribution is -0.384. The number of ether oxygens (including phenoxy) is 2. The fourth-order valence-electron chi connectivity index (χ4n) is 1.57. The molecular formula is C13H18N2O5. The van der Waals surface area contributed by atoms with E-state index >= 15 is 0 Å². The molecule has 7 nitrogen and oxygen atoms in total. The van der Waals surface area contributed by atoms with E-state index in [1.54, 1.807) is 6.92 Å². The third-order valence-corrected chi connectivity index (χ3v) is 2.58. The van der Waals surface area contributed by atoms with Crippen LogP contribution < -0.4 is 10.5 Å². The maximum Gasteiger partial charge on any atom is 0.342 e. The number of benzene rings is 1. The Hall–Kier alpha value is -2.31. The summed E-state index contributed by atoms with van der Waals surface area (Å²) in [5, 5.41) is 10.8. The molecule has 0 bridgehead atoms. The Morgan fingerprint density at radius 1 is 1.40 bits per heavy atom. The number of esters is 1. The number of nitrogens with zero attached hydrogens (tertiary/aromatic N) is 1. The fourth-order valence-corrected chi connectivity index (χ4v) is 1.57. The van der Waals surface area contributed by atoms with E-state index in [0.717, 1.165) is 18.9 Å². The Kier molecular flexibility index (Phi) is 5.76. The molecule has 0 saturated carbocycles. The summed E-state index contributed by atoms with van der Waals surface area (Å²) in [4.78, 5) is 22.1. The Morgan fingerprint density at radius 2 is 2.10 bits per heavy atom. The maximum atomic E-state index is 11.9.